The Kier molecular flexibility index (Phi) is 10.5. The van der Waals surface area contributed by atoms with E-state index in [1.165, 1.54) is 31.3 Å². The minimum Gasteiger partial charge on any atom is -0.504 e. The maximum Gasteiger partial charge on any atom is 0.323 e. The number of aromatic hydroxyl groups is 1. The first kappa shape index (κ1) is 31.9. The monoisotopic (exact) mass is 598 g/mol. The summed E-state index contributed by atoms with van der Waals surface area (Å²) in [5, 5.41) is 26.9. The maximum atomic E-state index is 15.5. The standard InChI is InChI=1S/C25H24F2N6O5.2ClH/c1-32-9-8-30-23(32)14-4-3-5-15(10-14)37-24-19(26)21(33(2)12-18(35)36)20(27)25(31-24)38-17-11-13(22(28)29)6-7-16(17)34;;/h3-7,10-11,34H,8-9,12H2,1-2H3,(H3,28,29)(H,35,36);2*1H. The number of nitrogen functional groups attached to an aromatic ring is 1. The van der Waals surface area contributed by atoms with E-state index in [0.29, 0.717) is 12.1 Å². The summed E-state index contributed by atoms with van der Waals surface area (Å²) >= 11 is 0. The number of rotatable bonds is 9. The molecule has 2 aromatic carbocycles. The number of aromatic nitrogens is 1. The fraction of sp³-hybridized carbons (Fsp3) is 0.200. The van der Waals surface area contributed by atoms with E-state index in [1.54, 1.807) is 18.2 Å². The van der Waals surface area contributed by atoms with Crippen LogP contribution in [0, 0.1) is 17.0 Å². The van der Waals surface area contributed by atoms with Gasteiger partial charge in [-0.15, -0.1) is 24.8 Å². The number of anilines is 1. The minimum absolute atomic E-state index is 0. The number of nitrogens with one attached hydrogen (secondary N) is 1. The summed E-state index contributed by atoms with van der Waals surface area (Å²) in [4.78, 5) is 22.3. The molecule has 1 aliphatic rings. The first-order valence-corrected chi connectivity index (χ1v) is 11.3. The summed E-state index contributed by atoms with van der Waals surface area (Å²) in [5.74, 6) is -5.66. The molecule has 2 heterocycles. The molecule has 0 saturated heterocycles. The highest BCUT2D eigenvalue weighted by Gasteiger charge is 2.28. The van der Waals surface area contributed by atoms with Gasteiger partial charge in [0.1, 0.15) is 29.7 Å². The molecule has 0 unspecified atom stereocenters. The smallest absolute Gasteiger partial charge is 0.323 e. The number of likely N-dealkylation sites (N-methyl/N-ethyl adjacent to an activating group) is 2. The third kappa shape index (κ3) is 6.79. The lowest BCUT2D eigenvalue weighted by molar-refractivity contribution is -0.135. The molecular weight excluding hydrogens is 573 g/mol. The molecule has 0 amide bonds. The van der Waals surface area contributed by atoms with Crippen molar-refractivity contribution in [2.75, 3.05) is 38.6 Å². The Balaban J connectivity index is 0.00000280. The molecule has 0 spiro atoms. The van der Waals surface area contributed by atoms with Crippen molar-refractivity contribution in [3.05, 3.63) is 65.2 Å². The van der Waals surface area contributed by atoms with Crippen molar-refractivity contribution in [2.24, 2.45) is 10.7 Å². The minimum atomic E-state index is -1.34. The number of phenolic OH excluding ortho intramolecular Hbond substituents is 1. The first-order chi connectivity index (χ1) is 18.0. The zero-order valence-corrected chi connectivity index (χ0v) is 22.9. The number of aliphatic imine (C=N–C) groups is 1. The third-order valence-corrected chi connectivity index (χ3v) is 5.59. The number of pyridine rings is 1. The predicted octanol–water partition coefficient (Wildman–Crippen LogP) is 3.99. The number of benzene rings is 2. The van der Waals surface area contributed by atoms with E-state index >= 15 is 8.78 Å². The van der Waals surface area contributed by atoms with Crippen LogP contribution in [0.2, 0.25) is 0 Å². The van der Waals surface area contributed by atoms with Gasteiger partial charge < -0.3 is 35.2 Å². The normalized spacial score (nSPS) is 12.1. The molecule has 1 aromatic heterocycles. The lowest BCUT2D eigenvalue weighted by atomic mass is 10.2. The van der Waals surface area contributed by atoms with Crippen molar-refractivity contribution in [2.45, 2.75) is 0 Å². The van der Waals surface area contributed by atoms with Gasteiger partial charge in [-0.25, -0.2) is 0 Å². The molecule has 15 heteroatoms. The number of hydrogen-bond acceptors (Lipinski definition) is 9. The molecule has 0 bridgehead atoms. The van der Waals surface area contributed by atoms with Crippen molar-refractivity contribution in [3.63, 3.8) is 0 Å². The molecule has 0 aliphatic carbocycles. The number of halogens is 4. The van der Waals surface area contributed by atoms with Crippen LogP contribution in [0.5, 0.6) is 29.0 Å². The van der Waals surface area contributed by atoms with Crippen LogP contribution in [-0.4, -0.2) is 71.5 Å². The van der Waals surface area contributed by atoms with E-state index in [1.807, 2.05) is 11.9 Å². The van der Waals surface area contributed by atoms with Crippen molar-refractivity contribution in [3.8, 4) is 29.0 Å². The van der Waals surface area contributed by atoms with Gasteiger partial charge >= 0.3 is 5.97 Å². The largest absolute Gasteiger partial charge is 0.504 e. The second-order valence-corrected chi connectivity index (χ2v) is 8.40. The quantitative estimate of drug-likeness (QED) is 0.211. The van der Waals surface area contributed by atoms with Crippen molar-refractivity contribution < 1.29 is 33.3 Å². The number of phenols is 1. The first-order valence-electron chi connectivity index (χ1n) is 11.3. The van der Waals surface area contributed by atoms with Crippen LogP contribution < -0.4 is 20.1 Å². The van der Waals surface area contributed by atoms with Crippen LogP contribution in [0.1, 0.15) is 11.1 Å². The zero-order valence-electron chi connectivity index (χ0n) is 21.2. The highest BCUT2D eigenvalue weighted by atomic mass is 35.5. The van der Waals surface area contributed by atoms with Crippen LogP contribution in [0.15, 0.2) is 47.5 Å². The molecule has 0 atom stereocenters. The summed E-state index contributed by atoms with van der Waals surface area (Å²) in [6.07, 6.45) is 0. The van der Waals surface area contributed by atoms with Gasteiger partial charge in [-0.2, -0.15) is 13.8 Å². The average Bonchev–Trinajstić information content (AvgIpc) is 3.29. The fourth-order valence-electron chi connectivity index (χ4n) is 3.76. The van der Waals surface area contributed by atoms with E-state index < -0.39 is 47.3 Å². The van der Waals surface area contributed by atoms with Crippen LogP contribution in [0.3, 0.4) is 0 Å². The summed E-state index contributed by atoms with van der Waals surface area (Å²) < 4.78 is 42.1. The molecule has 5 N–H and O–H groups in total. The van der Waals surface area contributed by atoms with Gasteiger partial charge in [0.05, 0.1) is 6.54 Å². The topological polar surface area (TPSA) is 158 Å². The molecule has 11 nitrogen and oxygen atoms in total. The molecule has 0 radical (unpaired) electrons. The maximum absolute atomic E-state index is 15.5. The Morgan fingerprint density at radius 2 is 1.82 bits per heavy atom. The van der Waals surface area contributed by atoms with Gasteiger partial charge in [0.2, 0.25) is 11.6 Å². The van der Waals surface area contributed by atoms with Gasteiger partial charge in [-0.1, -0.05) is 12.1 Å². The fourth-order valence-corrected chi connectivity index (χ4v) is 3.76. The summed E-state index contributed by atoms with van der Waals surface area (Å²) in [5.41, 5.74) is 5.57. The third-order valence-electron chi connectivity index (χ3n) is 5.59. The van der Waals surface area contributed by atoms with Gasteiger partial charge in [0, 0.05) is 31.8 Å². The molecule has 3 aromatic rings. The van der Waals surface area contributed by atoms with Gasteiger partial charge in [-0.3, -0.25) is 15.2 Å². The number of hydrogen-bond donors (Lipinski definition) is 4. The number of carboxylic acids is 1. The highest BCUT2D eigenvalue weighted by Crippen LogP contribution is 2.39. The lowest BCUT2D eigenvalue weighted by Gasteiger charge is -2.21. The van der Waals surface area contributed by atoms with E-state index in [9.17, 15) is 9.90 Å². The number of carbonyl (C=O) groups is 1. The predicted molar refractivity (Wildman–Crippen MR) is 149 cm³/mol. The lowest BCUT2D eigenvalue weighted by Crippen LogP contribution is -2.27. The summed E-state index contributed by atoms with van der Waals surface area (Å²) in [6.45, 7) is 0.623. The van der Waals surface area contributed by atoms with Crippen LogP contribution in [-0.2, 0) is 4.79 Å². The molecule has 0 fully saturated rings. The van der Waals surface area contributed by atoms with Crippen molar-refractivity contribution in [1.82, 2.24) is 9.88 Å². The number of aliphatic carboxylic acids is 1. The van der Waals surface area contributed by atoms with Crippen LogP contribution in [0.25, 0.3) is 0 Å². The van der Waals surface area contributed by atoms with E-state index in [2.05, 4.69) is 9.98 Å². The van der Waals surface area contributed by atoms with E-state index in [0.717, 1.165) is 17.3 Å². The molecule has 0 saturated carbocycles. The van der Waals surface area contributed by atoms with Crippen LogP contribution in [0.4, 0.5) is 14.5 Å². The van der Waals surface area contributed by atoms with Gasteiger partial charge in [0.25, 0.3) is 11.8 Å². The molecular formula is C25H26Cl2F2N6O5. The number of amidine groups is 2. The van der Waals surface area contributed by atoms with E-state index in [4.69, 9.17) is 25.7 Å². The number of nitrogens with two attached hydrogens (primary N) is 1. The second-order valence-electron chi connectivity index (χ2n) is 8.40. The Labute approximate surface area is 240 Å². The Bertz CT molecular complexity index is 1460. The molecule has 1 aliphatic heterocycles. The Hall–Kier alpha value is -4.36. The Morgan fingerprint density at radius 3 is 2.42 bits per heavy atom. The Morgan fingerprint density at radius 1 is 1.15 bits per heavy atom. The summed E-state index contributed by atoms with van der Waals surface area (Å²) in [7, 11) is 3.05. The molecule has 214 valence electrons. The van der Waals surface area contributed by atoms with Crippen molar-refractivity contribution >= 4 is 48.1 Å². The second kappa shape index (κ2) is 13.1. The van der Waals surface area contributed by atoms with Crippen molar-refractivity contribution in [1.29, 1.82) is 5.41 Å². The van der Waals surface area contributed by atoms with Gasteiger partial charge in [-0.05, 0) is 30.3 Å². The molecule has 4 rings (SSSR count). The van der Waals surface area contributed by atoms with E-state index in [-0.39, 0.29) is 47.7 Å². The number of nitrogens with zero attached hydrogens (tertiary/aromatic N) is 4. The SMILES string of the molecule is CN1CCN=C1c1cccc(Oc2nc(Oc3cc(C(=N)N)ccc3O)c(F)c(N(C)CC(=O)O)c2F)c1.Cl.Cl. The molecule has 40 heavy (non-hydrogen) atoms. The van der Waals surface area contributed by atoms with Crippen LogP contribution >= 0.6 is 24.8 Å². The zero-order chi connectivity index (χ0) is 27.6. The number of carboxylic acid groups (broad SMARTS) is 1. The average molecular weight is 599 g/mol. The summed E-state index contributed by atoms with van der Waals surface area (Å²) in [6, 6.07) is 10.3. The number of ether oxygens (including phenoxy) is 2. The van der Waals surface area contributed by atoms with Gasteiger partial charge in [0.15, 0.2) is 11.5 Å². The highest BCUT2D eigenvalue weighted by molar-refractivity contribution is 6.00.